The Labute approximate surface area is 113 Å². The van der Waals surface area contributed by atoms with Crippen molar-refractivity contribution in [2.75, 3.05) is 5.75 Å². The molecule has 1 aromatic carbocycles. The molecule has 2 rings (SSSR count). The number of carboxylic acid groups (broad SMARTS) is 1. The van der Waals surface area contributed by atoms with E-state index >= 15 is 0 Å². The van der Waals surface area contributed by atoms with E-state index in [4.69, 9.17) is 5.11 Å². The molecule has 100 valence electrons. The van der Waals surface area contributed by atoms with E-state index < -0.39 is 5.97 Å². The second kappa shape index (κ2) is 5.40. The van der Waals surface area contributed by atoms with Crippen LogP contribution in [0.15, 0.2) is 23.4 Å². The molecule has 1 aromatic heterocycles. The lowest BCUT2D eigenvalue weighted by molar-refractivity contribution is -0.133. The van der Waals surface area contributed by atoms with E-state index in [1.165, 1.54) is 4.68 Å². The molecule has 5 nitrogen and oxygen atoms in total. The van der Waals surface area contributed by atoms with Crippen molar-refractivity contribution in [3.63, 3.8) is 0 Å². The molecule has 1 heterocycles. The number of nitrogens with zero attached hydrogens (tertiary/aromatic N) is 3. The van der Waals surface area contributed by atoms with Crippen LogP contribution < -0.4 is 0 Å². The van der Waals surface area contributed by atoms with Crippen LogP contribution >= 0.6 is 11.8 Å². The summed E-state index contributed by atoms with van der Waals surface area (Å²) in [7, 11) is 1.65. The number of carbonyl (C=O) groups is 1. The van der Waals surface area contributed by atoms with Gasteiger partial charge in [-0.15, -0.1) is 0 Å². The highest BCUT2D eigenvalue weighted by atomic mass is 32.2. The molecule has 7 heteroatoms. The van der Waals surface area contributed by atoms with Gasteiger partial charge in [0.05, 0.1) is 11.3 Å². The monoisotopic (exact) mass is 281 g/mol. The molecular weight excluding hydrogens is 269 g/mol. The zero-order valence-electron chi connectivity index (χ0n) is 10.4. The van der Waals surface area contributed by atoms with Gasteiger partial charge in [-0.05, 0) is 18.6 Å². The van der Waals surface area contributed by atoms with Gasteiger partial charge in [0.25, 0.3) is 0 Å². The molecule has 1 N–H and O–H groups in total. The van der Waals surface area contributed by atoms with Gasteiger partial charge in [0.15, 0.2) is 11.0 Å². The Hall–Kier alpha value is -1.89. The molecule has 0 aliphatic rings. The Morgan fingerprint density at radius 3 is 2.95 bits per heavy atom. The molecule has 19 heavy (non-hydrogen) atoms. The first-order valence-electron chi connectivity index (χ1n) is 5.50. The lowest BCUT2D eigenvalue weighted by Crippen LogP contribution is -2.00. The smallest absolute Gasteiger partial charge is 0.313 e. The minimum atomic E-state index is -0.934. The van der Waals surface area contributed by atoms with Crippen LogP contribution in [0.3, 0.4) is 0 Å². The van der Waals surface area contributed by atoms with Gasteiger partial charge in [0.2, 0.25) is 0 Å². The van der Waals surface area contributed by atoms with E-state index in [0.717, 1.165) is 11.8 Å². The molecule has 0 saturated heterocycles. The maximum absolute atomic E-state index is 14.0. The number of thioether (sulfide) groups is 1. The number of hydrogen-bond acceptors (Lipinski definition) is 4. The number of benzene rings is 1. The third-order valence-corrected chi connectivity index (χ3v) is 3.49. The maximum Gasteiger partial charge on any atom is 0.313 e. The molecule has 0 spiro atoms. The predicted molar refractivity (Wildman–Crippen MR) is 69.5 cm³/mol. The van der Waals surface area contributed by atoms with Gasteiger partial charge in [0, 0.05) is 7.05 Å². The zero-order valence-corrected chi connectivity index (χ0v) is 11.2. The summed E-state index contributed by atoms with van der Waals surface area (Å²) in [6.07, 6.45) is 0. The van der Waals surface area contributed by atoms with Crippen LogP contribution in [-0.4, -0.2) is 31.6 Å². The van der Waals surface area contributed by atoms with E-state index in [1.807, 2.05) is 0 Å². The third kappa shape index (κ3) is 2.93. The fraction of sp³-hybridized carbons (Fsp3) is 0.250. The predicted octanol–water partition coefficient (Wildman–Crippen LogP) is 2.11. The second-order valence-corrected chi connectivity index (χ2v) is 4.90. The zero-order chi connectivity index (χ0) is 14.0. The fourth-order valence-electron chi connectivity index (χ4n) is 1.56. The Bertz CT molecular complexity index is 627. The summed E-state index contributed by atoms with van der Waals surface area (Å²) < 4.78 is 15.4. The normalized spacial score (nSPS) is 10.7. The molecule has 0 bridgehead atoms. The van der Waals surface area contributed by atoms with Gasteiger partial charge in [-0.1, -0.05) is 23.9 Å². The van der Waals surface area contributed by atoms with Crippen LogP contribution in [-0.2, 0) is 11.8 Å². The molecule has 0 saturated carbocycles. The van der Waals surface area contributed by atoms with Crippen molar-refractivity contribution in [2.24, 2.45) is 7.05 Å². The second-order valence-electron chi connectivity index (χ2n) is 3.96. The number of hydrogen-bond donors (Lipinski definition) is 1. The number of aliphatic carboxylic acids is 1. The van der Waals surface area contributed by atoms with Crippen LogP contribution in [0.5, 0.6) is 0 Å². The maximum atomic E-state index is 14.0. The number of aryl methyl sites for hydroxylation is 2. The molecule has 0 aliphatic carbocycles. The molecule has 0 aliphatic heterocycles. The number of halogens is 1. The average molecular weight is 281 g/mol. The third-order valence-electron chi connectivity index (χ3n) is 2.48. The van der Waals surface area contributed by atoms with Crippen molar-refractivity contribution in [1.29, 1.82) is 0 Å². The highest BCUT2D eigenvalue weighted by Crippen LogP contribution is 2.24. The quantitative estimate of drug-likeness (QED) is 0.869. The average Bonchev–Trinajstić information content (AvgIpc) is 2.71. The minimum absolute atomic E-state index is 0.109. The van der Waals surface area contributed by atoms with Crippen molar-refractivity contribution in [3.05, 3.63) is 29.6 Å². The van der Waals surface area contributed by atoms with Crippen molar-refractivity contribution in [2.45, 2.75) is 12.1 Å². The Balaban J connectivity index is 2.34. The van der Waals surface area contributed by atoms with Gasteiger partial charge >= 0.3 is 5.97 Å². The van der Waals surface area contributed by atoms with Crippen LogP contribution in [0.4, 0.5) is 4.39 Å². The summed E-state index contributed by atoms with van der Waals surface area (Å²) in [5, 5.41) is 13.2. The van der Waals surface area contributed by atoms with E-state index in [0.29, 0.717) is 16.3 Å². The van der Waals surface area contributed by atoms with Crippen molar-refractivity contribution >= 4 is 17.7 Å². The van der Waals surface area contributed by atoms with Crippen molar-refractivity contribution < 1.29 is 14.3 Å². The Morgan fingerprint density at radius 2 is 2.26 bits per heavy atom. The standard InChI is InChI=1S/C12H12FN3O2S/c1-7-4-3-5-8(10(7)13)11-14-12(16(2)15-11)19-6-9(17)18/h3-5H,6H2,1-2H3,(H,17,18). The molecule has 2 aromatic rings. The van der Waals surface area contributed by atoms with Gasteiger partial charge in [-0.3, -0.25) is 4.79 Å². The van der Waals surface area contributed by atoms with Gasteiger partial charge in [-0.2, -0.15) is 5.10 Å². The number of aromatic nitrogens is 3. The fourth-order valence-corrected chi connectivity index (χ4v) is 2.19. The summed E-state index contributed by atoms with van der Waals surface area (Å²) in [6.45, 7) is 1.67. The van der Waals surface area contributed by atoms with E-state index in [9.17, 15) is 9.18 Å². The first-order valence-corrected chi connectivity index (χ1v) is 6.48. The van der Waals surface area contributed by atoms with Gasteiger partial charge in [0.1, 0.15) is 5.82 Å². The Kier molecular flexibility index (Phi) is 3.84. The minimum Gasteiger partial charge on any atom is -0.481 e. The lowest BCUT2D eigenvalue weighted by atomic mass is 10.1. The van der Waals surface area contributed by atoms with Crippen LogP contribution in [0.25, 0.3) is 11.4 Å². The van der Waals surface area contributed by atoms with Crippen LogP contribution in [0, 0.1) is 12.7 Å². The summed E-state index contributed by atoms with van der Waals surface area (Å²) in [5.74, 6) is -1.14. The first kappa shape index (κ1) is 13.5. The summed E-state index contributed by atoms with van der Waals surface area (Å²) >= 11 is 1.05. The van der Waals surface area contributed by atoms with Crippen molar-refractivity contribution in [1.82, 2.24) is 14.8 Å². The molecule has 0 fully saturated rings. The molecular formula is C12H12FN3O2S. The SMILES string of the molecule is Cc1cccc(-c2nc(SCC(=O)O)n(C)n2)c1F. The highest BCUT2D eigenvalue weighted by molar-refractivity contribution is 7.99. The number of rotatable bonds is 4. The van der Waals surface area contributed by atoms with E-state index in [2.05, 4.69) is 10.1 Å². The van der Waals surface area contributed by atoms with Crippen LogP contribution in [0.2, 0.25) is 0 Å². The van der Waals surface area contributed by atoms with Crippen LogP contribution in [0.1, 0.15) is 5.56 Å². The summed E-state index contributed by atoms with van der Waals surface area (Å²) in [6, 6.07) is 5.00. The highest BCUT2D eigenvalue weighted by Gasteiger charge is 2.15. The van der Waals surface area contributed by atoms with Gasteiger partial charge in [-0.25, -0.2) is 14.1 Å². The topological polar surface area (TPSA) is 68.0 Å². The summed E-state index contributed by atoms with van der Waals surface area (Å²) in [4.78, 5) is 14.7. The lowest BCUT2D eigenvalue weighted by Gasteiger charge is -2.00. The number of carboxylic acids is 1. The molecule has 0 atom stereocenters. The Morgan fingerprint density at radius 1 is 1.53 bits per heavy atom. The molecule has 0 radical (unpaired) electrons. The van der Waals surface area contributed by atoms with Crippen molar-refractivity contribution in [3.8, 4) is 11.4 Å². The van der Waals surface area contributed by atoms with E-state index in [-0.39, 0.29) is 17.4 Å². The first-order chi connectivity index (χ1) is 8.99. The van der Waals surface area contributed by atoms with E-state index in [1.54, 1.807) is 32.2 Å². The molecule has 0 unspecified atom stereocenters. The summed E-state index contributed by atoms with van der Waals surface area (Å²) in [5.41, 5.74) is 0.836. The largest absolute Gasteiger partial charge is 0.481 e. The molecule has 0 amide bonds. The van der Waals surface area contributed by atoms with Gasteiger partial charge < -0.3 is 5.11 Å².